The quantitative estimate of drug-likeness (QED) is 0.647. The molecule has 1 aliphatic heterocycles. The molecule has 0 unspecified atom stereocenters. The summed E-state index contributed by atoms with van der Waals surface area (Å²) in [6.45, 7) is 5.10. The first-order chi connectivity index (χ1) is 8.69. The molecule has 1 amide bonds. The van der Waals surface area contributed by atoms with Gasteiger partial charge in [0, 0.05) is 31.9 Å². The number of nitrogens with one attached hydrogen (secondary N) is 1. The lowest BCUT2D eigenvalue weighted by Crippen LogP contribution is -2.49. The molecule has 1 aromatic rings. The molecule has 1 aromatic carbocycles. The number of aryl methyl sites for hydroxylation is 1. The van der Waals surface area contributed by atoms with Gasteiger partial charge in [-0.1, -0.05) is 12.1 Å². The standard InChI is InChI=1S/C13H17N3OS/c1-11-3-2-4-12(9-11)14-13(18)16-7-5-15(10-17)6-8-16/h2-4,9-10H,5-8H2,1H3,(H,14,18). The third kappa shape index (κ3) is 3.20. The van der Waals surface area contributed by atoms with Crippen molar-refractivity contribution in [1.82, 2.24) is 9.80 Å². The van der Waals surface area contributed by atoms with E-state index in [0.29, 0.717) is 0 Å². The van der Waals surface area contributed by atoms with E-state index in [1.807, 2.05) is 12.1 Å². The monoisotopic (exact) mass is 263 g/mol. The highest BCUT2D eigenvalue weighted by molar-refractivity contribution is 7.80. The average Bonchev–Trinajstić information content (AvgIpc) is 2.39. The Morgan fingerprint density at radius 1 is 1.33 bits per heavy atom. The van der Waals surface area contributed by atoms with Crippen LogP contribution in [0, 0.1) is 6.92 Å². The van der Waals surface area contributed by atoms with Crippen molar-refractivity contribution in [1.29, 1.82) is 0 Å². The van der Waals surface area contributed by atoms with Gasteiger partial charge in [0.2, 0.25) is 6.41 Å². The Morgan fingerprint density at radius 2 is 2.06 bits per heavy atom. The highest BCUT2D eigenvalue weighted by atomic mass is 32.1. The van der Waals surface area contributed by atoms with Crippen molar-refractivity contribution in [3.63, 3.8) is 0 Å². The van der Waals surface area contributed by atoms with Crippen LogP contribution in [0.4, 0.5) is 5.69 Å². The molecule has 0 atom stereocenters. The molecular weight excluding hydrogens is 246 g/mol. The van der Waals surface area contributed by atoms with Crippen molar-refractivity contribution in [3.8, 4) is 0 Å². The van der Waals surface area contributed by atoms with Crippen molar-refractivity contribution in [2.45, 2.75) is 6.92 Å². The number of carbonyl (C=O) groups is 1. The Morgan fingerprint density at radius 3 is 2.67 bits per heavy atom. The van der Waals surface area contributed by atoms with Gasteiger partial charge < -0.3 is 15.1 Å². The molecule has 0 aromatic heterocycles. The van der Waals surface area contributed by atoms with Gasteiger partial charge >= 0.3 is 0 Å². The molecule has 1 saturated heterocycles. The average molecular weight is 263 g/mol. The third-order valence-corrected chi connectivity index (χ3v) is 3.38. The molecule has 0 saturated carbocycles. The summed E-state index contributed by atoms with van der Waals surface area (Å²) in [5.41, 5.74) is 2.21. The number of hydrogen-bond donors (Lipinski definition) is 1. The van der Waals surface area contributed by atoms with Gasteiger partial charge in [-0.3, -0.25) is 4.79 Å². The zero-order valence-corrected chi connectivity index (χ0v) is 11.2. The van der Waals surface area contributed by atoms with Gasteiger partial charge in [-0.15, -0.1) is 0 Å². The summed E-state index contributed by atoms with van der Waals surface area (Å²) >= 11 is 5.38. The minimum absolute atomic E-state index is 0.728. The third-order valence-electron chi connectivity index (χ3n) is 3.02. The second kappa shape index (κ2) is 5.82. The maximum absolute atomic E-state index is 10.6. The van der Waals surface area contributed by atoms with E-state index in [1.54, 1.807) is 4.90 Å². The van der Waals surface area contributed by atoms with E-state index >= 15 is 0 Å². The molecule has 18 heavy (non-hydrogen) atoms. The van der Waals surface area contributed by atoms with Crippen molar-refractivity contribution < 1.29 is 4.79 Å². The smallest absolute Gasteiger partial charge is 0.209 e. The highest BCUT2D eigenvalue weighted by Gasteiger charge is 2.17. The molecular formula is C13H17N3OS. The maximum atomic E-state index is 10.6. The number of anilines is 1. The van der Waals surface area contributed by atoms with E-state index in [4.69, 9.17) is 12.2 Å². The Hall–Kier alpha value is -1.62. The molecule has 0 bridgehead atoms. The van der Waals surface area contributed by atoms with Crippen molar-refractivity contribution in [2.24, 2.45) is 0 Å². The number of carbonyl (C=O) groups excluding carboxylic acids is 1. The van der Waals surface area contributed by atoms with Gasteiger partial charge in [-0.2, -0.15) is 0 Å². The molecule has 1 aliphatic rings. The van der Waals surface area contributed by atoms with Crippen LogP contribution >= 0.6 is 12.2 Å². The lowest BCUT2D eigenvalue weighted by Gasteiger charge is -2.34. The fourth-order valence-corrected chi connectivity index (χ4v) is 2.26. The molecule has 1 N–H and O–H groups in total. The summed E-state index contributed by atoms with van der Waals surface area (Å²) in [6, 6.07) is 8.12. The first-order valence-electron chi connectivity index (χ1n) is 6.01. The zero-order chi connectivity index (χ0) is 13.0. The zero-order valence-electron chi connectivity index (χ0n) is 10.4. The largest absolute Gasteiger partial charge is 0.345 e. The van der Waals surface area contributed by atoms with Crippen LogP contribution in [0.3, 0.4) is 0 Å². The Labute approximate surface area is 113 Å². The van der Waals surface area contributed by atoms with Gasteiger partial charge in [0.1, 0.15) is 0 Å². The second-order valence-corrected chi connectivity index (χ2v) is 4.81. The number of thiocarbonyl (C=S) groups is 1. The van der Waals surface area contributed by atoms with Crippen molar-refractivity contribution >= 4 is 29.4 Å². The van der Waals surface area contributed by atoms with Crippen LogP contribution in [-0.4, -0.2) is 47.5 Å². The van der Waals surface area contributed by atoms with Gasteiger partial charge in [0.05, 0.1) is 0 Å². The molecule has 4 nitrogen and oxygen atoms in total. The molecule has 96 valence electrons. The summed E-state index contributed by atoms with van der Waals surface area (Å²) in [4.78, 5) is 14.5. The first kappa shape index (κ1) is 12.8. The van der Waals surface area contributed by atoms with E-state index in [0.717, 1.165) is 43.4 Å². The summed E-state index contributed by atoms with van der Waals surface area (Å²) in [6.07, 6.45) is 0.897. The number of rotatable bonds is 2. The molecule has 1 fully saturated rings. The van der Waals surface area contributed by atoms with Crippen LogP contribution in [0.15, 0.2) is 24.3 Å². The predicted molar refractivity (Wildman–Crippen MR) is 76.6 cm³/mol. The number of hydrogen-bond acceptors (Lipinski definition) is 2. The van der Waals surface area contributed by atoms with Crippen molar-refractivity contribution in [2.75, 3.05) is 31.5 Å². The summed E-state index contributed by atoms with van der Waals surface area (Å²) in [7, 11) is 0. The predicted octanol–water partition coefficient (Wildman–Crippen LogP) is 1.47. The van der Waals surface area contributed by atoms with Crippen molar-refractivity contribution in [3.05, 3.63) is 29.8 Å². The van der Waals surface area contributed by atoms with E-state index in [9.17, 15) is 4.79 Å². The molecule has 0 aliphatic carbocycles. The Bertz CT molecular complexity index is 442. The van der Waals surface area contributed by atoms with Gasteiger partial charge in [-0.05, 0) is 36.8 Å². The fourth-order valence-electron chi connectivity index (χ4n) is 1.96. The van der Waals surface area contributed by atoms with E-state index in [-0.39, 0.29) is 0 Å². The molecule has 0 spiro atoms. The summed E-state index contributed by atoms with van der Waals surface area (Å²) in [5, 5.41) is 3.96. The van der Waals surface area contributed by atoms with Gasteiger partial charge in [0.15, 0.2) is 5.11 Å². The van der Waals surface area contributed by atoms with Crippen LogP contribution in [-0.2, 0) is 4.79 Å². The maximum Gasteiger partial charge on any atom is 0.209 e. The number of benzene rings is 1. The van der Waals surface area contributed by atoms with Gasteiger partial charge in [-0.25, -0.2) is 0 Å². The lowest BCUT2D eigenvalue weighted by atomic mass is 10.2. The van der Waals surface area contributed by atoms with Crippen LogP contribution in [0.1, 0.15) is 5.56 Å². The lowest BCUT2D eigenvalue weighted by molar-refractivity contribution is -0.119. The highest BCUT2D eigenvalue weighted by Crippen LogP contribution is 2.11. The van der Waals surface area contributed by atoms with E-state index in [1.165, 1.54) is 5.56 Å². The number of piperazine rings is 1. The van der Waals surface area contributed by atoms with Crippen LogP contribution in [0.25, 0.3) is 0 Å². The van der Waals surface area contributed by atoms with Gasteiger partial charge in [0.25, 0.3) is 0 Å². The SMILES string of the molecule is Cc1cccc(NC(=S)N2CCN(C=O)CC2)c1. The normalized spacial score (nSPS) is 15.4. The minimum Gasteiger partial charge on any atom is -0.345 e. The van der Waals surface area contributed by atoms with Crippen LogP contribution in [0.2, 0.25) is 0 Å². The number of amides is 1. The van der Waals surface area contributed by atoms with E-state index in [2.05, 4.69) is 29.3 Å². The Kier molecular flexibility index (Phi) is 4.15. The topological polar surface area (TPSA) is 35.6 Å². The molecule has 2 rings (SSSR count). The minimum atomic E-state index is 0.728. The summed E-state index contributed by atoms with van der Waals surface area (Å²) in [5.74, 6) is 0. The molecule has 0 radical (unpaired) electrons. The van der Waals surface area contributed by atoms with Crippen LogP contribution in [0.5, 0.6) is 0 Å². The molecule has 5 heteroatoms. The Balaban J connectivity index is 1.91. The van der Waals surface area contributed by atoms with Crippen LogP contribution < -0.4 is 5.32 Å². The fraction of sp³-hybridized carbons (Fsp3) is 0.385. The van der Waals surface area contributed by atoms with E-state index < -0.39 is 0 Å². The molecule has 1 heterocycles. The second-order valence-electron chi connectivity index (χ2n) is 4.43. The first-order valence-corrected chi connectivity index (χ1v) is 6.42. The number of nitrogens with zero attached hydrogens (tertiary/aromatic N) is 2. The summed E-state index contributed by atoms with van der Waals surface area (Å²) < 4.78 is 0.